The predicted octanol–water partition coefficient (Wildman–Crippen LogP) is -0.112. The Morgan fingerprint density at radius 2 is 1.92 bits per heavy atom. The van der Waals surface area contributed by atoms with Crippen molar-refractivity contribution in [2.45, 2.75) is 69.3 Å². The summed E-state index contributed by atoms with van der Waals surface area (Å²) in [7, 11) is 0. The number of aliphatic carboxylic acids is 1. The van der Waals surface area contributed by atoms with E-state index in [9.17, 15) is 29.4 Å². The number of rotatable bonds is 9. The van der Waals surface area contributed by atoms with Crippen molar-refractivity contribution in [3.05, 3.63) is 36.0 Å². The number of aliphatic hydroxyl groups excluding tert-OH is 1. The molecule has 11 nitrogen and oxygen atoms in total. The number of hydrogen-bond donors (Lipinski definition) is 6. The molecule has 36 heavy (non-hydrogen) atoms. The molecule has 2 fully saturated rings. The number of para-hydroxylation sites is 1. The first-order valence-electron chi connectivity index (χ1n) is 12.4. The van der Waals surface area contributed by atoms with Crippen molar-refractivity contribution < 1.29 is 29.4 Å². The summed E-state index contributed by atoms with van der Waals surface area (Å²) in [6.07, 6.45) is 3.17. The van der Waals surface area contributed by atoms with E-state index in [0.717, 1.165) is 35.9 Å². The fraction of sp³-hybridized carbons (Fsp3) is 0.520. The molecule has 4 rings (SSSR count). The number of nitrogens with one attached hydrogen (secondary N) is 4. The van der Waals surface area contributed by atoms with Crippen molar-refractivity contribution in [2.75, 3.05) is 13.1 Å². The molecule has 6 N–H and O–H groups in total. The molecule has 2 aromatic rings. The number of aliphatic hydroxyl groups is 1. The van der Waals surface area contributed by atoms with Gasteiger partial charge >= 0.3 is 5.97 Å². The lowest BCUT2D eigenvalue weighted by atomic mass is 10.0. The number of hydrogen-bond acceptors (Lipinski definition) is 6. The van der Waals surface area contributed by atoms with E-state index in [0.29, 0.717) is 19.4 Å². The Bertz CT molecular complexity index is 1130. The second-order valence-electron chi connectivity index (χ2n) is 9.53. The van der Waals surface area contributed by atoms with Crippen molar-refractivity contribution in [1.82, 2.24) is 25.8 Å². The number of amides is 3. The van der Waals surface area contributed by atoms with E-state index in [1.54, 1.807) is 6.20 Å². The minimum atomic E-state index is -1.37. The standard InChI is InChI=1S/C25H33N5O6/c1-14(31)21(29-22(32)20-9-5-11-30(20)24(34)18-8-4-10-26-18)23(33)28-19(25(35)36)12-15-13-27-17-7-3-2-6-16(15)17/h2-3,6-7,13-14,18-21,26-27,31H,4-5,8-12H2,1H3,(H,28,33)(H,29,32)(H,35,36). The van der Waals surface area contributed by atoms with Crippen LogP contribution in [0.15, 0.2) is 30.5 Å². The molecule has 3 amide bonds. The minimum absolute atomic E-state index is 0.0187. The number of carboxylic acids is 1. The highest BCUT2D eigenvalue weighted by Crippen LogP contribution is 2.22. The van der Waals surface area contributed by atoms with Gasteiger partial charge in [0.15, 0.2) is 0 Å². The molecule has 0 spiro atoms. The summed E-state index contributed by atoms with van der Waals surface area (Å²) in [6, 6.07) is 3.73. The summed E-state index contributed by atoms with van der Waals surface area (Å²) in [5, 5.41) is 29.0. The summed E-state index contributed by atoms with van der Waals surface area (Å²) in [4.78, 5) is 55.5. The van der Waals surface area contributed by atoms with Crippen LogP contribution in [0.25, 0.3) is 10.9 Å². The number of carbonyl (C=O) groups excluding carboxylic acids is 3. The van der Waals surface area contributed by atoms with Crippen LogP contribution in [-0.2, 0) is 25.6 Å². The molecule has 5 unspecified atom stereocenters. The minimum Gasteiger partial charge on any atom is -0.480 e. The van der Waals surface area contributed by atoms with E-state index in [2.05, 4.69) is 20.9 Å². The lowest BCUT2D eigenvalue weighted by Gasteiger charge is -2.29. The van der Waals surface area contributed by atoms with Gasteiger partial charge in [-0.25, -0.2) is 4.79 Å². The molecule has 0 bridgehead atoms. The number of H-pyrrole nitrogens is 1. The van der Waals surface area contributed by atoms with Crippen LogP contribution >= 0.6 is 0 Å². The summed E-state index contributed by atoms with van der Waals surface area (Å²) in [5.41, 5.74) is 1.57. The monoisotopic (exact) mass is 499 g/mol. The van der Waals surface area contributed by atoms with E-state index >= 15 is 0 Å². The molecule has 5 atom stereocenters. The van der Waals surface area contributed by atoms with Crippen molar-refractivity contribution in [3.8, 4) is 0 Å². The van der Waals surface area contributed by atoms with Gasteiger partial charge in [-0.1, -0.05) is 18.2 Å². The molecule has 11 heteroatoms. The maximum absolute atomic E-state index is 13.1. The van der Waals surface area contributed by atoms with Gasteiger partial charge in [0.05, 0.1) is 12.1 Å². The molecule has 194 valence electrons. The van der Waals surface area contributed by atoms with Gasteiger partial charge in [-0.2, -0.15) is 0 Å². The van der Waals surface area contributed by atoms with Crippen LogP contribution in [0.2, 0.25) is 0 Å². The highest BCUT2D eigenvalue weighted by Gasteiger charge is 2.40. The normalized spacial score (nSPS) is 22.2. The molecule has 1 aromatic carbocycles. The fourth-order valence-corrected chi connectivity index (χ4v) is 5.04. The molecule has 0 radical (unpaired) electrons. The van der Waals surface area contributed by atoms with Crippen molar-refractivity contribution >= 4 is 34.6 Å². The van der Waals surface area contributed by atoms with Gasteiger partial charge in [-0.05, 0) is 50.8 Å². The van der Waals surface area contributed by atoms with E-state index in [4.69, 9.17) is 0 Å². The zero-order valence-electron chi connectivity index (χ0n) is 20.2. The Kier molecular flexibility index (Phi) is 7.90. The zero-order chi connectivity index (χ0) is 25.8. The van der Waals surface area contributed by atoms with E-state index in [-0.39, 0.29) is 18.4 Å². The van der Waals surface area contributed by atoms with Crippen LogP contribution in [0.4, 0.5) is 0 Å². The van der Waals surface area contributed by atoms with Gasteiger partial charge in [-0.15, -0.1) is 0 Å². The third kappa shape index (κ3) is 5.52. The quantitative estimate of drug-likeness (QED) is 0.280. The summed E-state index contributed by atoms with van der Waals surface area (Å²) in [6.45, 7) is 2.56. The highest BCUT2D eigenvalue weighted by molar-refractivity contribution is 5.95. The molecule has 2 aliphatic rings. The van der Waals surface area contributed by atoms with E-state index < -0.39 is 42.0 Å². The largest absolute Gasteiger partial charge is 0.480 e. The average Bonchev–Trinajstić information content (AvgIpc) is 3.62. The lowest BCUT2D eigenvalue weighted by molar-refractivity contribution is -0.144. The average molecular weight is 500 g/mol. The second kappa shape index (κ2) is 11.1. The lowest BCUT2D eigenvalue weighted by Crippen LogP contribution is -2.59. The SMILES string of the molecule is CC(O)C(NC(=O)C1CCCN1C(=O)C1CCCN1)C(=O)NC(Cc1c[nH]c2ccccc12)C(=O)O. The highest BCUT2D eigenvalue weighted by atomic mass is 16.4. The van der Waals surface area contributed by atoms with Crippen molar-refractivity contribution in [2.24, 2.45) is 0 Å². The van der Waals surface area contributed by atoms with Crippen LogP contribution in [0, 0.1) is 0 Å². The van der Waals surface area contributed by atoms with E-state index in [1.807, 2.05) is 24.3 Å². The molecular weight excluding hydrogens is 466 g/mol. The first-order valence-corrected chi connectivity index (χ1v) is 12.4. The molecule has 0 aliphatic carbocycles. The second-order valence-corrected chi connectivity index (χ2v) is 9.53. The number of benzene rings is 1. The Hall–Kier alpha value is -3.44. The summed E-state index contributed by atoms with van der Waals surface area (Å²) < 4.78 is 0. The fourth-order valence-electron chi connectivity index (χ4n) is 5.04. The zero-order valence-corrected chi connectivity index (χ0v) is 20.2. The first-order chi connectivity index (χ1) is 17.3. The van der Waals surface area contributed by atoms with Crippen LogP contribution in [0.5, 0.6) is 0 Å². The van der Waals surface area contributed by atoms with Crippen LogP contribution in [0.1, 0.15) is 38.2 Å². The molecule has 1 aromatic heterocycles. The van der Waals surface area contributed by atoms with Gasteiger partial charge in [0, 0.05) is 30.1 Å². The number of aromatic amines is 1. The van der Waals surface area contributed by atoms with Crippen molar-refractivity contribution in [3.63, 3.8) is 0 Å². The number of aromatic nitrogens is 1. The maximum Gasteiger partial charge on any atom is 0.326 e. The molecule has 2 saturated heterocycles. The smallest absolute Gasteiger partial charge is 0.326 e. The molecule has 3 heterocycles. The topological polar surface area (TPSA) is 164 Å². The van der Waals surface area contributed by atoms with Crippen LogP contribution in [0.3, 0.4) is 0 Å². The number of carbonyl (C=O) groups is 4. The number of likely N-dealkylation sites (tertiary alicyclic amines) is 1. The van der Waals surface area contributed by atoms with Crippen LogP contribution < -0.4 is 16.0 Å². The number of fused-ring (bicyclic) bond motifs is 1. The molecular formula is C25H33N5O6. The van der Waals surface area contributed by atoms with Gasteiger partial charge in [-0.3, -0.25) is 14.4 Å². The van der Waals surface area contributed by atoms with Gasteiger partial charge in [0.1, 0.15) is 18.1 Å². The van der Waals surface area contributed by atoms with Crippen LogP contribution in [-0.4, -0.2) is 87.1 Å². The van der Waals surface area contributed by atoms with Gasteiger partial charge < -0.3 is 36.0 Å². The Morgan fingerprint density at radius 1 is 1.14 bits per heavy atom. The Balaban J connectivity index is 1.42. The molecule has 2 aliphatic heterocycles. The van der Waals surface area contributed by atoms with E-state index in [1.165, 1.54) is 11.8 Å². The summed E-state index contributed by atoms with van der Waals surface area (Å²) in [5.74, 6) is -2.71. The maximum atomic E-state index is 13.1. The predicted molar refractivity (Wildman–Crippen MR) is 131 cm³/mol. The Morgan fingerprint density at radius 3 is 2.61 bits per heavy atom. The first kappa shape index (κ1) is 25.6. The van der Waals surface area contributed by atoms with Crippen molar-refractivity contribution in [1.29, 1.82) is 0 Å². The van der Waals surface area contributed by atoms with Gasteiger partial charge in [0.25, 0.3) is 0 Å². The third-order valence-corrected chi connectivity index (χ3v) is 6.97. The third-order valence-electron chi connectivity index (χ3n) is 6.97. The summed E-state index contributed by atoms with van der Waals surface area (Å²) >= 11 is 0. The Labute approximate surface area is 208 Å². The number of carboxylic acid groups (broad SMARTS) is 1. The van der Waals surface area contributed by atoms with Gasteiger partial charge in [0.2, 0.25) is 17.7 Å². The molecule has 0 saturated carbocycles. The number of nitrogens with zero attached hydrogens (tertiary/aromatic N) is 1.